The summed E-state index contributed by atoms with van der Waals surface area (Å²) in [6.07, 6.45) is 0. The summed E-state index contributed by atoms with van der Waals surface area (Å²) in [5.74, 6) is 2.72. The van der Waals surface area contributed by atoms with E-state index in [-0.39, 0.29) is 0 Å². The van der Waals surface area contributed by atoms with Crippen LogP contribution in [0.25, 0.3) is 0 Å². The third-order valence-corrected chi connectivity index (χ3v) is 3.14. The average molecular weight is 228 g/mol. The first-order valence-electron chi connectivity index (χ1n) is 5.30. The third kappa shape index (κ3) is 4.22. The van der Waals surface area contributed by atoms with Gasteiger partial charge in [-0.15, -0.1) is 10.2 Å². The van der Waals surface area contributed by atoms with Crippen LogP contribution in [0.15, 0.2) is 5.16 Å². The van der Waals surface area contributed by atoms with E-state index in [1.54, 1.807) is 11.8 Å². The maximum Gasteiger partial charge on any atom is 0.190 e. The Hall–Kier alpha value is -0.550. The molecule has 1 aromatic heterocycles. The van der Waals surface area contributed by atoms with Gasteiger partial charge in [-0.2, -0.15) is 0 Å². The lowest BCUT2D eigenvalue weighted by atomic mass is 10.2. The molecule has 15 heavy (non-hydrogen) atoms. The van der Waals surface area contributed by atoms with Crippen LogP contribution in [0.2, 0.25) is 0 Å². The van der Waals surface area contributed by atoms with Crippen molar-refractivity contribution in [3.63, 3.8) is 0 Å². The van der Waals surface area contributed by atoms with Crippen molar-refractivity contribution in [1.82, 2.24) is 20.1 Å². The molecule has 0 aromatic carbocycles. The minimum atomic E-state index is 0.715. The molecule has 0 bridgehead atoms. The van der Waals surface area contributed by atoms with Gasteiger partial charge in [-0.05, 0) is 19.4 Å². The Bertz CT molecular complexity index is 296. The second kappa shape index (κ2) is 6.12. The molecule has 0 unspecified atom stereocenters. The van der Waals surface area contributed by atoms with E-state index in [0.717, 1.165) is 29.8 Å². The smallest absolute Gasteiger partial charge is 0.190 e. The Morgan fingerprint density at radius 3 is 2.67 bits per heavy atom. The van der Waals surface area contributed by atoms with Crippen molar-refractivity contribution in [1.29, 1.82) is 0 Å². The van der Waals surface area contributed by atoms with E-state index < -0.39 is 0 Å². The lowest BCUT2D eigenvalue weighted by molar-refractivity contribution is 0.568. The fourth-order valence-corrected chi connectivity index (χ4v) is 1.97. The summed E-state index contributed by atoms with van der Waals surface area (Å²) in [5, 5.41) is 12.5. The molecule has 0 fully saturated rings. The second-order valence-electron chi connectivity index (χ2n) is 4.04. The standard InChI is InChI=1S/C10H20N4S/c1-8(2)7-11-5-6-15-10-13-12-9(3)14(10)4/h8,11H,5-7H2,1-4H3. The van der Waals surface area contributed by atoms with E-state index in [1.807, 2.05) is 18.5 Å². The largest absolute Gasteiger partial charge is 0.316 e. The van der Waals surface area contributed by atoms with Gasteiger partial charge in [0.05, 0.1) is 0 Å². The van der Waals surface area contributed by atoms with Crippen LogP contribution in [0.1, 0.15) is 19.7 Å². The molecular weight excluding hydrogens is 208 g/mol. The highest BCUT2D eigenvalue weighted by atomic mass is 32.2. The monoisotopic (exact) mass is 228 g/mol. The van der Waals surface area contributed by atoms with E-state index in [0.29, 0.717) is 5.92 Å². The van der Waals surface area contributed by atoms with Crippen LogP contribution >= 0.6 is 11.8 Å². The summed E-state index contributed by atoms with van der Waals surface area (Å²) in [7, 11) is 2.00. The minimum Gasteiger partial charge on any atom is -0.316 e. The zero-order chi connectivity index (χ0) is 11.3. The van der Waals surface area contributed by atoms with Crippen LogP contribution < -0.4 is 5.32 Å². The molecule has 0 aliphatic rings. The van der Waals surface area contributed by atoms with E-state index in [2.05, 4.69) is 29.4 Å². The third-order valence-electron chi connectivity index (χ3n) is 2.12. The molecular formula is C10H20N4S. The summed E-state index contributed by atoms with van der Waals surface area (Å²) >= 11 is 1.75. The van der Waals surface area contributed by atoms with E-state index in [4.69, 9.17) is 0 Å². The van der Waals surface area contributed by atoms with Crippen molar-refractivity contribution in [2.45, 2.75) is 25.9 Å². The second-order valence-corrected chi connectivity index (χ2v) is 5.10. The highest BCUT2D eigenvalue weighted by molar-refractivity contribution is 7.99. The fraction of sp³-hybridized carbons (Fsp3) is 0.800. The van der Waals surface area contributed by atoms with Crippen molar-refractivity contribution in [2.75, 3.05) is 18.8 Å². The zero-order valence-electron chi connectivity index (χ0n) is 9.95. The molecule has 0 amide bonds. The Balaban J connectivity index is 2.18. The molecule has 4 nitrogen and oxygen atoms in total. The number of rotatable bonds is 6. The number of hydrogen-bond donors (Lipinski definition) is 1. The van der Waals surface area contributed by atoms with Gasteiger partial charge in [0.25, 0.3) is 0 Å². The number of hydrogen-bond acceptors (Lipinski definition) is 4. The van der Waals surface area contributed by atoms with E-state index in [9.17, 15) is 0 Å². The summed E-state index contributed by atoms with van der Waals surface area (Å²) in [5.41, 5.74) is 0. The van der Waals surface area contributed by atoms with Gasteiger partial charge in [-0.25, -0.2) is 0 Å². The minimum absolute atomic E-state index is 0.715. The van der Waals surface area contributed by atoms with Crippen molar-refractivity contribution in [3.05, 3.63) is 5.82 Å². The molecule has 0 radical (unpaired) electrons. The Kier molecular flexibility index (Phi) is 5.11. The molecule has 86 valence electrons. The number of aromatic nitrogens is 3. The first-order chi connectivity index (χ1) is 7.11. The van der Waals surface area contributed by atoms with Crippen molar-refractivity contribution in [2.24, 2.45) is 13.0 Å². The maximum absolute atomic E-state index is 4.10. The molecule has 0 atom stereocenters. The summed E-state index contributed by atoms with van der Waals surface area (Å²) in [4.78, 5) is 0. The molecule has 1 rings (SSSR count). The van der Waals surface area contributed by atoms with Crippen LogP contribution in [-0.4, -0.2) is 33.6 Å². The topological polar surface area (TPSA) is 42.7 Å². The van der Waals surface area contributed by atoms with Gasteiger partial charge in [-0.1, -0.05) is 25.6 Å². The summed E-state index contributed by atoms with van der Waals surface area (Å²) in [6.45, 7) is 8.50. The SMILES string of the molecule is Cc1nnc(SCCNCC(C)C)n1C. The Morgan fingerprint density at radius 2 is 2.13 bits per heavy atom. The normalized spacial score (nSPS) is 11.3. The van der Waals surface area contributed by atoms with E-state index in [1.165, 1.54) is 0 Å². The number of aryl methyl sites for hydroxylation is 1. The first kappa shape index (κ1) is 12.5. The fourth-order valence-electron chi connectivity index (χ4n) is 1.12. The maximum atomic E-state index is 4.10. The summed E-state index contributed by atoms with van der Waals surface area (Å²) < 4.78 is 2.02. The Labute approximate surface area is 95.9 Å². The average Bonchev–Trinajstić information content (AvgIpc) is 2.48. The summed E-state index contributed by atoms with van der Waals surface area (Å²) in [6, 6.07) is 0. The molecule has 1 N–H and O–H groups in total. The Morgan fingerprint density at radius 1 is 1.40 bits per heavy atom. The molecule has 0 aliphatic carbocycles. The van der Waals surface area contributed by atoms with Gasteiger partial charge < -0.3 is 9.88 Å². The van der Waals surface area contributed by atoms with E-state index >= 15 is 0 Å². The van der Waals surface area contributed by atoms with Crippen molar-refractivity contribution < 1.29 is 0 Å². The van der Waals surface area contributed by atoms with Gasteiger partial charge >= 0.3 is 0 Å². The van der Waals surface area contributed by atoms with Gasteiger partial charge in [-0.3, -0.25) is 0 Å². The molecule has 1 heterocycles. The lowest BCUT2D eigenvalue weighted by Crippen LogP contribution is -2.22. The predicted molar refractivity (Wildman–Crippen MR) is 64.2 cm³/mol. The molecule has 0 saturated carbocycles. The molecule has 5 heteroatoms. The molecule has 0 saturated heterocycles. The van der Waals surface area contributed by atoms with Crippen LogP contribution in [0.4, 0.5) is 0 Å². The van der Waals surface area contributed by atoms with Gasteiger partial charge in [0.2, 0.25) is 0 Å². The van der Waals surface area contributed by atoms with Crippen LogP contribution in [0.5, 0.6) is 0 Å². The van der Waals surface area contributed by atoms with Gasteiger partial charge in [0.1, 0.15) is 5.82 Å². The first-order valence-corrected chi connectivity index (χ1v) is 6.29. The number of thioether (sulfide) groups is 1. The van der Waals surface area contributed by atoms with Gasteiger partial charge in [0.15, 0.2) is 5.16 Å². The zero-order valence-corrected chi connectivity index (χ0v) is 10.8. The van der Waals surface area contributed by atoms with Crippen LogP contribution in [-0.2, 0) is 7.05 Å². The highest BCUT2D eigenvalue weighted by Crippen LogP contribution is 2.13. The number of nitrogens with one attached hydrogen (secondary N) is 1. The van der Waals surface area contributed by atoms with Gasteiger partial charge in [0, 0.05) is 19.3 Å². The lowest BCUT2D eigenvalue weighted by Gasteiger charge is -2.06. The van der Waals surface area contributed by atoms with Crippen molar-refractivity contribution >= 4 is 11.8 Å². The molecule has 0 aliphatic heterocycles. The molecule has 1 aromatic rings. The predicted octanol–water partition coefficient (Wildman–Crippen LogP) is 1.46. The highest BCUT2D eigenvalue weighted by Gasteiger charge is 2.04. The van der Waals surface area contributed by atoms with Crippen LogP contribution in [0, 0.1) is 12.8 Å². The quantitative estimate of drug-likeness (QED) is 0.591. The molecule has 0 spiro atoms. The van der Waals surface area contributed by atoms with Crippen LogP contribution in [0.3, 0.4) is 0 Å². The van der Waals surface area contributed by atoms with Crippen molar-refractivity contribution in [3.8, 4) is 0 Å². The number of nitrogens with zero attached hydrogens (tertiary/aromatic N) is 3.